The molecule has 0 aliphatic carbocycles. The Balaban J connectivity index is 1.72. The van der Waals surface area contributed by atoms with Gasteiger partial charge in [-0.2, -0.15) is 4.31 Å². The highest BCUT2D eigenvalue weighted by molar-refractivity contribution is 7.89. The summed E-state index contributed by atoms with van der Waals surface area (Å²) in [4.78, 5) is 12.3. The number of anilines is 1. The Hall–Kier alpha value is -1.91. The first kappa shape index (κ1) is 16.9. The molecule has 1 aliphatic heterocycles. The molecule has 0 spiro atoms. The number of hydrogen-bond donors (Lipinski definition) is 1. The zero-order valence-corrected chi connectivity index (χ0v) is 14.2. The summed E-state index contributed by atoms with van der Waals surface area (Å²) in [5, 5.41) is 10.4. The van der Waals surface area contributed by atoms with Crippen LogP contribution in [0.2, 0.25) is 0 Å². The van der Waals surface area contributed by atoms with Crippen LogP contribution in [0.3, 0.4) is 0 Å². The van der Waals surface area contributed by atoms with Gasteiger partial charge in [0.1, 0.15) is 11.3 Å². The lowest BCUT2D eigenvalue weighted by atomic mass is 9.99. The molecule has 0 unspecified atom stereocenters. The highest BCUT2D eigenvalue weighted by Crippen LogP contribution is 2.25. The van der Waals surface area contributed by atoms with E-state index in [0.717, 1.165) is 12.1 Å². The van der Waals surface area contributed by atoms with Crippen LogP contribution in [-0.4, -0.2) is 41.9 Å². The Morgan fingerprint density at radius 3 is 2.75 bits per heavy atom. The van der Waals surface area contributed by atoms with Crippen molar-refractivity contribution in [1.29, 1.82) is 0 Å². The maximum absolute atomic E-state index is 13.0. The molecule has 1 aromatic heterocycles. The van der Waals surface area contributed by atoms with Crippen molar-refractivity contribution in [3.63, 3.8) is 0 Å². The van der Waals surface area contributed by atoms with Crippen molar-refractivity contribution in [2.75, 3.05) is 18.4 Å². The third-order valence-electron chi connectivity index (χ3n) is 3.80. The van der Waals surface area contributed by atoms with E-state index in [2.05, 4.69) is 15.5 Å². The maximum Gasteiger partial charge on any atom is 0.243 e. The Bertz CT molecular complexity index is 809. The summed E-state index contributed by atoms with van der Waals surface area (Å²) in [6.07, 6.45) is 1.18. The van der Waals surface area contributed by atoms with E-state index in [4.69, 9.17) is 0 Å². The van der Waals surface area contributed by atoms with Gasteiger partial charge in [0.2, 0.25) is 21.1 Å². The quantitative estimate of drug-likeness (QED) is 0.885. The van der Waals surface area contributed by atoms with E-state index in [0.29, 0.717) is 24.5 Å². The summed E-state index contributed by atoms with van der Waals surface area (Å²) in [6.45, 7) is 0.423. The summed E-state index contributed by atoms with van der Waals surface area (Å²) in [7, 11) is -3.75. The first-order chi connectivity index (χ1) is 11.5. The molecule has 2 heterocycles. The molecular formula is C14H15FN4O3S2. The normalized spacial score (nSPS) is 19.1. The lowest BCUT2D eigenvalue weighted by Crippen LogP contribution is -2.43. The van der Waals surface area contributed by atoms with E-state index in [9.17, 15) is 17.6 Å². The van der Waals surface area contributed by atoms with E-state index >= 15 is 0 Å². The molecule has 7 nitrogen and oxygen atoms in total. The predicted octanol–water partition coefficient (Wildman–Crippen LogP) is 1.72. The molecule has 0 radical (unpaired) electrons. The van der Waals surface area contributed by atoms with Crippen molar-refractivity contribution in [3.8, 4) is 0 Å². The van der Waals surface area contributed by atoms with Crippen molar-refractivity contribution in [1.82, 2.24) is 14.5 Å². The molecule has 1 aliphatic rings. The number of amides is 1. The zero-order valence-electron chi connectivity index (χ0n) is 12.6. The minimum Gasteiger partial charge on any atom is -0.300 e. The average molecular weight is 370 g/mol. The monoisotopic (exact) mass is 370 g/mol. The summed E-state index contributed by atoms with van der Waals surface area (Å²) in [5.41, 5.74) is 1.50. The van der Waals surface area contributed by atoms with Gasteiger partial charge < -0.3 is 5.32 Å². The van der Waals surface area contributed by atoms with Crippen LogP contribution in [0.1, 0.15) is 12.8 Å². The molecular weight excluding hydrogens is 355 g/mol. The summed E-state index contributed by atoms with van der Waals surface area (Å²) < 4.78 is 39.5. The number of sulfonamides is 1. The van der Waals surface area contributed by atoms with Crippen LogP contribution in [0.5, 0.6) is 0 Å². The van der Waals surface area contributed by atoms with Crippen LogP contribution in [0.25, 0.3) is 0 Å². The zero-order chi connectivity index (χ0) is 17.2. The fraction of sp³-hybridized carbons (Fsp3) is 0.357. The van der Waals surface area contributed by atoms with Gasteiger partial charge in [0.15, 0.2) is 0 Å². The summed E-state index contributed by atoms with van der Waals surface area (Å²) >= 11 is 1.20. The number of carbonyl (C=O) groups excluding carboxylic acids is 1. The number of rotatable bonds is 4. The van der Waals surface area contributed by atoms with Gasteiger partial charge in [-0.3, -0.25) is 4.79 Å². The van der Waals surface area contributed by atoms with Crippen LogP contribution in [0.15, 0.2) is 34.7 Å². The number of hydrogen-bond acceptors (Lipinski definition) is 6. The average Bonchev–Trinajstić information content (AvgIpc) is 3.08. The largest absolute Gasteiger partial charge is 0.300 e. The Morgan fingerprint density at radius 1 is 1.33 bits per heavy atom. The lowest BCUT2D eigenvalue weighted by molar-refractivity contribution is -0.120. The summed E-state index contributed by atoms with van der Waals surface area (Å²) in [6, 6.07) is 4.68. The highest BCUT2D eigenvalue weighted by Gasteiger charge is 2.33. The third-order valence-corrected chi connectivity index (χ3v) is 6.28. The molecule has 1 aromatic carbocycles. The molecule has 1 atom stereocenters. The fourth-order valence-electron chi connectivity index (χ4n) is 2.57. The Morgan fingerprint density at radius 2 is 2.08 bits per heavy atom. The van der Waals surface area contributed by atoms with Crippen molar-refractivity contribution in [2.45, 2.75) is 17.7 Å². The smallest absolute Gasteiger partial charge is 0.243 e. The van der Waals surface area contributed by atoms with E-state index in [1.54, 1.807) is 0 Å². The standard InChI is InChI=1S/C14H15FN4O3S2/c15-11-3-5-12(6-4-11)24(21,22)19-7-1-2-10(8-19)13(20)17-14-18-16-9-23-14/h3-6,9-10H,1-2,7-8H2,(H,17,18,20)/t10-/m0/s1. The molecule has 24 heavy (non-hydrogen) atoms. The Labute approximate surface area is 142 Å². The van der Waals surface area contributed by atoms with Crippen LogP contribution >= 0.6 is 11.3 Å². The van der Waals surface area contributed by atoms with Crippen LogP contribution in [-0.2, 0) is 14.8 Å². The van der Waals surface area contributed by atoms with Gasteiger partial charge in [-0.1, -0.05) is 11.3 Å². The molecule has 1 fully saturated rings. The Kier molecular flexibility index (Phi) is 4.88. The second-order valence-corrected chi connectivity index (χ2v) is 8.16. The molecule has 0 saturated carbocycles. The van der Waals surface area contributed by atoms with Crippen molar-refractivity contribution in [2.24, 2.45) is 5.92 Å². The number of piperidine rings is 1. The van der Waals surface area contributed by atoms with E-state index in [1.807, 2.05) is 0 Å². The molecule has 10 heteroatoms. The SMILES string of the molecule is O=C(Nc1nncs1)[C@H]1CCCN(S(=O)(=O)c2ccc(F)cc2)C1. The van der Waals surface area contributed by atoms with Gasteiger partial charge in [0.25, 0.3) is 0 Å². The van der Waals surface area contributed by atoms with Gasteiger partial charge in [-0.25, -0.2) is 12.8 Å². The van der Waals surface area contributed by atoms with Gasteiger partial charge in [0.05, 0.1) is 10.8 Å². The third kappa shape index (κ3) is 3.60. The van der Waals surface area contributed by atoms with Crippen LogP contribution < -0.4 is 5.32 Å². The topological polar surface area (TPSA) is 92.3 Å². The number of nitrogens with one attached hydrogen (secondary N) is 1. The number of carbonyl (C=O) groups is 1. The highest BCUT2D eigenvalue weighted by atomic mass is 32.2. The number of halogens is 1. The number of benzene rings is 1. The van der Waals surface area contributed by atoms with E-state index in [-0.39, 0.29) is 17.3 Å². The molecule has 3 rings (SSSR count). The molecule has 0 bridgehead atoms. The first-order valence-electron chi connectivity index (χ1n) is 7.29. The first-order valence-corrected chi connectivity index (χ1v) is 9.61. The van der Waals surface area contributed by atoms with Crippen molar-refractivity contribution >= 4 is 32.4 Å². The minimum atomic E-state index is -3.75. The maximum atomic E-state index is 13.0. The van der Waals surface area contributed by atoms with Gasteiger partial charge >= 0.3 is 0 Å². The van der Waals surface area contributed by atoms with Crippen LogP contribution in [0.4, 0.5) is 9.52 Å². The number of nitrogens with zero attached hydrogens (tertiary/aromatic N) is 3. The predicted molar refractivity (Wildman–Crippen MR) is 86.4 cm³/mol. The summed E-state index contributed by atoms with van der Waals surface area (Å²) in [5.74, 6) is -1.23. The minimum absolute atomic E-state index is 0.0223. The van der Waals surface area contributed by atoms with E-state index in [1.165, 1.54) is 33.3 Å². The fourth-order valence-corrected chi connectivity index (χ4v) is 4.54. The van der Waals surface area contributed by atoms with Crippen molar-refractivity contribution < 1.29 is 17.6 Å². The molecule has 2 aromatic rings. The van der Waals surface area contributed by atoms with Gasteiger partial charge in [0, 0.05) is 13.1 Å². The number of aromatic nitrogens is 2. The molecule has 1 N–H and O–H groups in total. The lowest BCUT2D eigenvalue weighted by Gasteiger charge is -2.31. The van der Waals surface area contributed by atoms with Crippen LogP contribution in [0, 0.1) is 11.7 Å². The molecule has 128 valence electrons. The molecule has 1 saturated heterocycles. The van der Waals surface area contributed by atoms with Crippen molar-refractivity contribution in [3.05, 3.63) is 35.6 Å². The van der Waals surface area contributed by atoms with Gasteiger partial charge in [-0.15, -0.1) is 10.2 Å². The molecule has 1 amide bonds. The second kappa shape index (κ2) is 6.91. The van der Waals surface area contributed by atoms with Gasteiger partial charge in [-0.05, 0) is 37.1 Å². The second-order valence-electron chi connectivity index (χ2n) is 5.39. The van der Waals surface area contributed by atoms with E-state index < -0.39 is 21.8 Å².